The molecule has 0 bridgehead atoms. The molecule has 0 saturated heterocycles. The van der Waals surface area contributed by atoms with Crippen LogP contribution in [0, 0.1) is 11.3 Å². The number of benzene rings is 1. The second kappa shape index (κ2) is 7.29. The van der Waals surface area contributed by atoms with Crippen LogP contribution in [0.4, 0.5) is 0 Å². The van der Waals surface area contributed by atoms with E-state index in [1.165, 1.54) is 10.4 Å². The van der Waals surface area contributed by atoms with Gasteiger partial charge in [-0.1, -0.05) is 36.7 Å². The molecule has 0 radical (unpaired) electrons. The molecular weight excluding hydrogens is 284 g/mol. The minimum atomic E-state index is -3.52. The molecule has 0 fully saturated rings. The van der Waals surface area contributed by atoms with Crippen LogP contribution in [0.25, 0.3) is 6.08 Å². The second-order valence-electron chi connectivity index (χ2n) is 3.77. The van der Waals surface area contributed by atoms with Gasteiger partial charge in [-0.05, 0) is 17.7 Å². The molecule has 1 aromatic carbocycles. The van der Waals surface area contributed by atoms with E-state index in [0.717, 1.165) is 5.41 Å². The molecule has 0 N–H and O–H groups in total. The second-order valence-corrected chi connectivity index (χ2v) is 5.99. The molecule has 0 spiro atoms. The van der Waals surface area contributed by atoms with Crippen molar-refractivity contribution in [2.45, 2.75) is 13.3 Å². The lowest BCUT2D eigenvalue weighted by Gasteiger charge is -2.16. The van der Waals surface area contributed by atoms with Gasteiger partial charge in [-0.2, -0.15) is 9.57 Å². The average Bonchev–Trinajstić information content (AvgIpc) is 2.38. The van der Waals surface area contributed by atoms with Crippen LogP contribution in [0.1, 0.15) is 18.9 Å². The fraction of sp³-hybridized carbons (Fsp3) is 0.308. The van der Waals surface area contributed by atoms with Crippen molar-refractivity contribution in [2.75, 3.05) is 13.1 Å². The Hall–Kier alpha value is -1.35. The molecule has 0 heterocycles. The number of hydrogen-bond acceptors (Lipinski definition) is 3. The normalized spacial score (nSPS) is 11.9. The molecule has 0 unspecified atom stereocenters. The van der Waals surface area contributed by atoms with E-state index in [2.05, 4.69) is 0 Å². The Bertz CT molecular complexity index is 591. The number of sulfonamides is 1. The maximum absolute atomic E-state index is 12.0. The van der Waals surface area contributed by atoms with Crippen LogP contribution in [0.15, 0.2) is 29.7 Å². The molecule has 6 heteroatoms. The average molecular weight is 299 g/mol. The molecule has 0 amide bonds. The number of nitriles is 1. The van der Waals surface area contributed by atoms with E-state index in [1.807, 2.05) is 6.07 Å². The summed E-state index contributed by atoms with van der Waals surface area (Å²) in [5.41, 5.74) is 0.643. The zero-order chi connectivity index (χ0) is 14.3. The smallest absolute Gasteiger partial charge is 0.208 e. The van der Waals surface area contributed by atoms with E-state index in [4.69, 9.17) is 16.9 Å². The summed E-state index contributed by atoms with van der Waals surface area (Å²) in [5, 5.41) is 10.1. The topological polar surface area (TPSA) is 61.2 Å². The molecular formula is C13H15ClN2O2S. The lowest BCUT2D eigenvalue weighted by molar-refractivity contribution is 0.442. The zero-order valence-electron chi connectivity index (χ0n) is 10.6. The standard InChI is InChI=1S/C13H15ClN2O2S/c1-2-16(10-5-9-15)19(17,18)11-8-12-6-3-4-7-13(12)14/h3-4,6-8,11H,2,5,10H2,1H3/b11-8-. The molecule has 19 heavy (non-hydrogen) atoms. The first-order valence-electron chi connectivity index (χ1n) is 5.81. The van der Waals surface area contributed by atoms with Gasteiger partial charge >= 0.3 is 0 Å². The minimum Gasteiger partial charge on any atom is -0.208 e. The van der Waals surface area contributed by atoms with E-state index in [-0.39, 0.29) is 13.0 Å². The number of halogens is 1. The van der Waals surface area contributed by atoms with Gasteiger partial charge < -0.3 is 0 Å². The maximum Gasteiger partial charge on any atom is 0.236 e. The first kappa shape index (κ1) is 15.7. The van der Waals surface area contributed by atoms with Crippen molar-refractivity contribution in [3.63, 3.8) is 0 Å². The monoisotopic (exact) mass is 298 g/mol. The van der Waals surface area contributed by atoms with Crippen LogP contribution >= 0.6 is 11.6 Å². The Morgan fingerprint density at radius 2 is 2.11 bits per heavy atom. The summed E-state index contributed by atoms with van der Waals surface area (Å²) in [6.07, 6.45) is 1.64. The fourth-order valence-corrected chi connectivity index (χ4v) is 2.89. The van der Waals surface area contributed by atoms with Crippen molar-refractivity contribution < 1.29 is 8.42 Å². The van der Waals surface area contributed by atoms with Crippen LogP contribution in [0.3, 0.4) is 0 Å². The lowest BCUT2D eigenvalue weighted by Crippen LogP contribution is -2.29. The van der Waals surface area contributed by atoms with Crippen molar-refractivity contribution in [1.29, 1.82) is 5.26 Å². The van der Waals surface area contributed by atoms with Gasteiger partial charge in [0.1, 0.15) is 0 Å². The van der Waals surface area contributed by atoms with Gasteiger partial charge in [-0.15, -0.1) is 0 Å². The van der Waals surface area contributed by atoms with Crippen molar-refractivity contribution in [3.05, 3.63) is 40.3 Å². The zero-order valence-corrected chi connectivity index (χ0v) is 12.2. The van der Waals surface area contributed by atoms with Crippen molar-refractivity contribution in [3.8, 4) is 6.07 Å². The van der Waals surface area contributed by atoms with E-state index < -0.39 is 10.0 Å². The van der Waals surface area contributed by atoms with Gasteiger partial charge in [0.2, 0.25) is 10.0 Å². The number of hydrogen-bond donors (Lipinski definition) is 0. The van der Waals surface area contributed by atoms with Crippen LogP contribution in [0.2, 0.25) is 5.02 Å². The molecule has 0 aliphatic carbocycles. The summed E-state index contributed by atoms with van der Waals surface area (Å²) in [6, 6.07) is 8.93. The summed E-state index contributed by atoms with van der Waals surface area (Å²) >= 11 is 5.95. The van der Waals surface area contributed by atoms with Crippen molar-refractivity contribution in [1.82, 2.24) is 4.31 Å². The quantitative estimate of drug-likeness (QED) is 0.811. The van der Waals surface area contributed by atoms with Crippen LogP contribution < -0.4 is 0 Å². The largest absolute Gasteiger partial charge is 0.236 e. The number of rotatable bonds is 6. The van der Waals surface area contributed by atoms with Crippen molar-refractivity contribution >= 4 is 27.7 Å². The summed E-state index contributed by atoms with van der Waals surface area (Å²) in [4.78, 5) is 0. The number of nitrogens with zero attached hydrogens (tertiary/aromatic N) is 2. The van der Waals surface area contributed by atoms with Gasteiger partial charge in [0.25, 0.3) is 0 Å². The van der Waals surface area contributed by atoms with E-state index in [1.54, 1.807) is 31.2 Å². The van der Waals surface area contributed by atoms with E-state index in [9.17, 15) is 8.42 Å². The highest BCUT2D eigenvalue weighted by atomic mass is 35.5. The van der Waals surface area contributed by atoms with Gasteiger partial charge in [-0.3, -0.25) is 0 Å². The molecule has 1 rings (SSSR count). The minimum absolute atomic E-state index is 0.174. The van der Waals surface area contributed by atoms with E-state index in [0.29, 0.717) is 17.1 Å². The van der Waals surface area contributed by atoms with E-state index >= 15 is 0 Å². The predicted molar refractivity (Wildman–Crippen MR) is 76.9 cm³/mol. The summed E-state index contributed by atoms with van der Waals surface area (Å²) in [5.74, 6) is 0. The molecule has 0 atom stereocenters. The Kier molecular flexibility index (Phi) is 6.03. The van der Waals surface area contributed by atoms with Gasteiger partial charge in [0.15, 0.2) is 0 Å². The molecule has 0 aliphatic heterocycles. The summed E-state index contributed by atoms with van der Waals surface area (Å²) in [7, 11) is -3.52. The van der Waals surface area contributed by atoms with Crippen molar-refractivity contribution in [2.24, 2.45) is 0 Å². The predicted octanol–water partition coefficient (Wildman–Crippen LogP) is 2.88. The highest BCUT2D eigenvalue weighted by Crippen LogP contribution is 2.17. The lowest BCUT2D eigenvalue weighted by atomic mass is 10.2. The molecule has 0 aliphatic rings. The third-order valence-corrected chi connectivity index (χ3v) is 4.50. The Labute approximate surface area is 119 Å². The van der Waals surface area contributed by atoms with Gasteiger partial charge in [-0.25, -0.2) is 8.42 Å². The maximum atomic E-state index is 12.0. The van der Waals surface area contributed by atoms with Crippen LogP contribution in [-0.2, 0) is 10.0 Å². The Morgan fingerprint density at radius 1 is 1.42 bits per heavy atom. The first-order valence-corrected chi connectivity index (χ1v) is 7.69. The van der Waals surface area contributed by atoms with Crippen LogP contribution in [0.5, 0.6) is 0 Å². The fourth-order valence-electron chi connectivity index (χ4n) is 1.50. The SMILES string of the molecule is CCN(CCC#N)S(=O)(=O)/C=C\c1ccccc1Cl. The molecule has 0 aromatic heterocycles. The highest BCUT2D eigenvalue weighted by Gasteiger charge is 2.16. The Balaban J connectivity index is 2.90. The first-order chi connectivity index (χ1) is 9.01. The summed E-state index contributed by atoms with van der Waals surface area (Å²) < 4.78 is 25.3. The summed E-state index contributed by atoms with van der Waals surface area (Å²) in [6.45, 7) is 2.26. The molecule has 4 nitrogen and oxygen atoms in total. The van der Waals surface area contributed by atoms with Gasteiger partial charge in [0, 0.05) is 29.9 Å². The van der Waals surface area contributed by atoms with Gasteiger partial charge in [0.05, 0.1) is 6.07 Å². The third-order valence-electron chi connectivity index (χ3n) is 2.51. The Morgan fingerprint density at radius 3 is 2.68 bits per heavy atom. The third kappa shape index (κ3) is 4.67. The molecule has 102 valence electrons. The van der Waals surface area contributed by atoms with Crippen LogP contribution in [-0.4, -0.2) is 25.8 Å². The molecule has 0 saturated carbocycles. The molecule has 1 aromatic rings. The highest BCUT2D eigenvalue weighted by molar-refractivity contribution is 7.92.